The van der Waals surface area contributed by atoms with Crippen LogP contribution in [0.15, 0.2) is 34.9 Å². The molecule has 0 N–H and O–H groups in total. The van der Waals surface area contributed by atoms with Gasteiger partial charge in [-0.15, -0.1) is 0 Å². The minimum atomic E-state index is -0.258. The molecule has 0 spiro atoms. The maximum atomic E-state index is 13.0. The van der Waals surface area contributed by atoms with Gasteiger partial charge in [-0.3, -0.25) is 4.90 Å². The predicted molar refractivity (Wildman–Crippen MR) is 87.9 cm³/mol. The van der Waals surface area contributed by atoms with Crippen molar-refractivity contribution in [3.05, 3.63) is 42.0 Å². The molecule has 5 nitrogen and oxygen atoms in total. The Morgan fingerprint density at radius 3 is 2.92 bits per heavy atom. The number of likely N-dealkylation sites (tertiary alicyclic amines) is 1. The Bertz CT molecular complexity index is 688. The molecule has 2 aromatic rings. The van der Waals surface area contributed by atoms with Crippen LogP contribution in [0.4, 0.5) is 4.39 Å². The molecule has 0 saturated carbocycles. The number of oxazole rings is 1. The zero-order chi connectivity index (χ0) is 16.5. The lowest BCUT2D eigenvalue weighted by Gasteiger charge is -2.46. The highest BCUT2D eigenvalue weighted by molar-refractivity contribution is 5.52. The fourth-order valence-electron chi connectivity index (χ4n) is 3.61. The van der Waals surface area contributed by atoms with Gasteiger partial charge in [0.2, 0.25) is 5.89 Å². The Morgan fingerprint density at radius 1 is 1.25 bits per heavy atom. The molecule has 0 aliphatic carbocycles. The minimum Gasteiger partial charge on any atom is -0.444 e. The second kappa shape index (κ2) is 6.63. The van der Waals surface area contributed by atoms with Gasteiger partial charge < -0.3 is 14.1 Å². The highest BCUT2D eigenvalue weighted by Crippen LogP contribution is 2.25. The number of fused-ring (bicyclic) bond motifs is 1. The topological polar surface area (TPSA) is 41.7 Å². The third-order valence-corrected chi connectivity index (χ3v) is 4.91. The summed E-state index contributed by atoms with van der Waals surface area (Å²) in [7, 11) is 2.16. The van der Waals surface area contributed by atoms with Crippen molar-refractivity contribution in [3.8, 4) is 11.5 Å². The van der Waals surface area contributed by atoms with Crippen molar-refractivity contribution in [2.45, 2.75) is 25.1 Å². The van der Waals surface area contributed by atoms with Gasteiger partial charge in [-0.05, 0) is 37.7 Å². The average molecular weight is 331 g/mol. The van der Waals surface area contributed by atoms with E-state index in [9.17, 15) is 4.39 Å². The van der Waals surface area contributed by atoms with Crippen LogP contribution in [0.2, 0.25) is 0 Å². The van der Waals surface area contributed by atoms with Gasteiger partial charge in [0.15, 0.2) is 0 Å². The number of benzene rings is 1. The van der Waals surface area contributed by atoms with Crippen molar-refractivity contribution >= 4 is 0 Å². The van der Waals surface area contributed by atoms with E-state index in [1.807, 2.05) is 0 Å². The number of piperidine rings is 1. The number of likely N-dealkylation sites (N-methyl/N-ethyl adjacent to an activating group) is 1. The van der Waals surface area contributed by atoms with Crippen LogP contribution in [0.3, 0.4) is 0 Å². The first kappa shape index (κ1) is 15.7. The second-order valence-electron chi connectivity index (χ2n) is 6.65. The normalized spacial score (nSPS) is 25.6. The molecule has 24 heavy (non-hydrogen) atoms. The number of morpholine rings is 1. The molecule has 0 bridgehead atoms. The summed E-state index contributed by atoms with van der Waals surface area (Å²) in [4.78, 5) is 9.37. The number of nitrogens with zero attached hydrogens (tertiary/aromatic N) is 3. The maximum absolute atomic E-state index is 13.0. The standard InChI is InChI=1S/C18H22FN3O2/c1-21-7-6-17-16(11-21)22(8-9-23-17)10-15-12-24-18(20-15)13-2-4-14(19)5-3-13/h2-5,12,16-17H,6-11H2,1H3. The highest BCUT2D eigenvalue weighted by Gasteiger charge is 2.36. The van der Waals surface area contributed by atoms with Gasteiger partial charge >= 0.3 is 0 Å². The van der Waals surface area contributed by atoms with E-state index in [0.717, 1.165) is 50.5 Å². The van der Waals surface area contributed by atoms with Gasteiger partial charge in [-0.2, -0.15) is 0 Å². The van der Waals surface area contributed by atoms with Crippen molar-refractivity contribution in [1.82, 2.24) is 14.8 Å². The van der Waals surface area contributed by atoms with Crippen LogP contribution in [-0.4, -0.2) is 60.2 Å². The summed E-state index contributed by atoms with van der Waals surface area (Å²) in [5.74, 6) is 0.280. The molecule has 0 amide bonds. The number of rotatable bonds is 3. The van der Waals surface area contributed by atoms with E-state index in [4.69, 9.17) is 9.15 Å². The fraction of sp³-hybridized carbons (Fsp3) is 0.500. The number of aromatic nitrogens is 1. The van der Waals surface area contributed by atoms with Crippen LogP contribution in [0.1, 0.15) is 12.1 Å². The summed E-state index contributed by atoms with van der Waals surface area (Å²) < 4.78 is 24.6. The molecule has 4 rings (SSSR count). The highest BCUT2D eigenvalue weighted by atomic mass is 19.1. The van der Waals surface area contributed by atoms with Gasteiger partial charge in [-0.25, -0.2) is 9.37 Å². The van der Waals surface area contributed by atoms with Crippen LogP contribution in [0, 0.1) is 5.82 Å². The summed E-state index contributed by atoms with van der Waals surface area (Å²) in [6, 6.07) is 6.62. The van der Waals surface area contributed by atoms with E-state index in [0.29, 0.717) is 18.0 Å². The Labute approximate surface area is 141 Å². The van der Waals surface area contributed by atoms with Gasteiger partial charge in [0.05, 0.1) is 18.4 Å². The van der Waals surface area contributed by atoms with E-state index >= 15 is 0 Å². The van der Waals surface area contributed by atoms with Crippen LogP contribution in [-0.2, 0) is 11.3 Å². The number of hydrogen-bond donors (Lipinski definition) is 0. The lowest BCUT2D eigenvalue weighted by atomic mass is 9.99. The van der Waals surface area contributed by atoms with Crippen LogP contribution >= 0.6 is 0 Å². The molecular weight excluding hydrogens is 309 g/mol. The smallest absolute Gasteiger partial charge is 0.226 e. The van der Waals surface area contributed by atoms with Crippen LogP contribution in [0.25, 0.3) is 11.5 Å². The van der Waals surface area contributed by atoms with Crippen molar-refractivity contribution in [1.29, 1.82) is 0 Å². The zero-order valence-electron chi connectivity index (χ0n) is 13.8. The summed E-state index contributed by atoms with van der Waals surface area (Å²) in [5, 5.41) is 0. The van der Waals surface area contributed by atoms with E-state index < -0.39 is 0 Å². The largest absolute Gasteiger partial charge is 0.444 e. The molecule has 2 saturated heterocycles. The van der Waals surface area contributed by atoms with Gasteiger partial charge in [0, 0.05) is 37.8 Å². The van der Waals surface area contributed by atoms with Crippen LogP contribution < -0.4 is 0 Å². The zero-order valence-corrected chi connectivity index (χ0v) is 13.8. The Morgan fingerprint density at radius 2 is 2.08 bits per heavy atom. The summed E-state index contributed by atoms with van der Waals surface area (Å²) >= 11 is 0. The van der Waals surface area contributed by atoms with Crippen molar-refractivity contribution in [3.63, 3.8) is 0 Å². The second-order valence-corrected chi connectivity index (χ2v) is 6.65. The van der Waals surface area contributed by atoms with Crippen molar-refractivity contribution in [2.24, 2.45) is 0 Å². The summed E-state index contributed by atoms with van der Waals surface area (Å²) in [6.07, 6.45) is 3.10. The van der Waals surface area contributed by atoms with E-state index in [1.54, 1.807) is 18.4 Å². The van der Waals surface area contributed by atoms with Gasteiger partial charge in [-0.1, -0.05) is 0 Å². The fourth-order valence-corrected chi connectivity index (χ4v) is 3.61. The lowest BCUT2D eigenvalue weighted by Crippen LogP contribution is -2.58. The first-order valence-electron chi connectivity index (χ1n) is 8.43. The van der Waals surface area contributed by atoms with E-state index in [1.165, 1.54) is 12.1 Å². The molecule has 0 radical (unpaired) electrons. The maximum Gasteiger partial charge on any atom is 0.226 e. The van der Waals surface area contributed by atoms with Crippen LogP contribution in [0.5, 0.6) is 0 Å². The molecule has 1 aromatic carbocycles. The molecule has 128 valence electrons. The van der Waals surface area contributed by atoms with Gasteiger partial charge in [0.25, 0.3) is 0 Å². The molecule has 2 aliphatic heterocycles. The monoisotopic (exact) mass is 331 g/mol. The molecular formula is C18H22FN3O2. The first-order chi connectivity index (χ1) is 11.7. The Hall–Kier alpha value is -1.76. The molecule has 2 fully saturated rings. The first-order valence-corrected chi connectivity index (χ1v) is 8.43. The molecule has 1 aromatic heterocycles. The SMILES string of the molecule is CN1CCC2OCCN(Cc3coc(-c4ccc(F)cc4)n3)C2C1. The third kappa shape index (κ3) is 3.22. The molecule has 2 aliphatic rings. The Kier molecular flexibility index (Phi) is 4.35. The predicted octanol–water partition coefficient (Wildman–Crippen LogP) is 2.39. The van der Waals surface area contributed by atoms with E-state index in [2.05, 4.69) is 21.8 Å². The Balaban J connectivity index is 1.48. The quantitative estimate of drug-likeness (QED) is 0.864. The van der Waals surface area contributed by atoms with Crippen molar-refractivity contribution < 1.29 is 13.5 Å². The molecule has 6 heteroatoms. The molecule has 3 heterocycles. The minimum absolute atomic E-state index is 0.258. The van der Waals surface area contributed by atoms with Crippen molar-refractivity contribution in [2.75, 3.05) is 33.3 Å². The molecule has 2 unspecified atom stereocenters. The molecule has 2 atom stereocenters. The number of ether oxygens (including phenoxy) is 1. The number of hydrogen-bond acceptors (Lipinski definition) is 5. The lowest BCUT2D eigenvalue weighted by molar-refractivity contribution is -0.103. The third-order valence-electron chi connectivity index (χ3n) is 4.91. The summed E-state index contributed by atoms with van der Waals surface area (Å²) in [6.45, 7) is 4.55. The van der Waals surface area contributed by atoms with E-state index in [-0.39, 0.29) is 5.82 Å². The average Bonchev–Trinajstić information content (AvgIpc) is 3.05. The summed E-state index contributed by atoms with van der Waals surface area (Å²) in [5.41, 5.74) is 1.70. The number of halogens is 1. The van der Waals surface area contributed by atoms with Gasteiger partial charge in [0.1, 0.15) is 12.1 Å².